The van der Waals surface area contributed by atoms with Crippen molar-refractivity contribution in [3.8, 4) is 23.3 Å². The maximum atomic E-state index is 12.4. The lowest BCUT2D eigenvalue weighted by Crippen LogP contribution is -2.33. The number of rotatable bonds is 6. The molecule has 1 aliphatic rings. The largest absolute Gasteiger partial charge is 0.497 e. The molecule has 1 fully saturated rings. The van der Waals surface area contributed by atoms with Gasteiger partial charge in [0, 0.05) is 42.4 Å². The zero-order valence-electron chi connectivity index (χ0n) is 17.7. The molecule has 3 aromatic rings. The normalized spacial score (nSPS) is 15.2. The molecule has 7 heteroatoms. The number of nitrogens with zero attached hydrogens (tertiary/aromatic N) is 2. The molecule has 2 amide bonds. The van der Waals surface area contributed by atoms with Gasteiger partial charge < -0.3 is 19.7 Å². The number of carbonyl (C=O) groups is 2. The Hall–Kier alpha value is -4.05. The second-order valence-corrected chi connectivity index (χ2v) is 7.32. The van der Waals surface area contributed by atoms with Gasteiger partial charge in [-0.1, -0.05) is 24.0 Å². The fourth-order valence-corrected chi connectivity index (χ4v) is 3.56. The Morgan fingerprint density at radius 1 is 1.16 bits per heavy atom. The molecule has 1 aliphatic heterocycles. The number of benzene rings is 2. The number of methoxy groups -OCH3 is 1. The lowest BCUT2D eigenvalue weighted by molar-refractivity contribution is -0.126. The second kappa shape index (κ2) is 9.84. The van der Waals surface area contributed by atoms with Crippen LogP contribution in [0.25, 0.3) is 10.9 Å². The number of hydrogen-bond acceptors (Lipinski definition) is 5. The van der Waals surface area contributed by atoms with Crippen LogP contribution in [0, 0.1) is 17.8 Å². The van der Waals surface area contributed by atoms with Crippen molar-refractivity contribution in [3.63, 3.8) is 0 Å². The van der Waals surface area contributed by atoms with E-state index in [9.17, 15) is 9.59 Å². The van der Waals surface area contributed by atoms with E-state index in [0.717, 1.165) is 16.6 Å². The molecule has 2 aromatic carbocycles. The van der Waals surface area contributed by atoms with E-state index in [1.54, 1.807) is 24.3 Å². The molecular weight excluding hydrogens is 406 g/mol. The van der Waals surface area contributed by atoms with Gasteiger partial charge in [-0.15, -0.1) is 0 Å². The third-order valence-corrected chi connectivity index (χ3v) is 5.23. The second-order valence-electron chi connectivity index (χ2n) is 7.32. The third-order valence-electron chi connectivity index (χ3n) is 5.23. The summed E-state index contributed by atoms with van der Waals surface area (Å²) in [6, 6.07) is 16.8. The van der Waals surface area contributed by atoms with E-state index < -0.39 is 5.92 Å². The molecule has 7 nitrogen and oxygen atoms in total. The summed E-state index contributed by atoms with van der Waals surface area (Å²) in [5, 5.41) is 3.83. The van der Waals surface area contributed by atoms with Crippen molar-refractivity contribution >= 4 is 28.4 Å². The van der Waals surface area contributed by atoms with E-state index in [-0.39, 0.29) is 31.4 Å². The molecule has 1 N–H and O–H groups in total. The van der Waals surface area contributed by atoms with Crippen LogP contribution in [0.3, 0.4) is 0 Å². The molecular formula is C25H23N3O4. The Labute approximate surface area is 186 Å². The van der Waals surface area contributed by atoms with Gasteiger partial charge in [0.25, 0.3) is 0 Å². The van der Waals surface area contributed by atoms with E-state index in [1.165, 1.54) is 0 Å². The number of amides is 2. The first kappa shape index (κ1) is 21.2. The molecule has 0 bridgehead atoms. The molecule has 1 saturated heterocycles. The minimum absolute atomic E-state index is 0.0808. The number of hydrogen-bond donors (Lipinski definition) is 1. The van der Waals surface area contributed by atoms with Crippen molar-refractivity contribution in [2.24, 2.45) is 5.92 Å². The molecule has 0 spiro atoms. The average Bonchev–Trinajstić information content (AvgIpc) is 3.22. The maximum absolute atomic E-state index is 12.4. The Morgan fingerprint density at radius 3 is 2.94 bits per heavy atom. The van der Waals surface area contributed by atoms with Gasteiger partial charge in [0.2, 0.25) is 11.8 Å². The SMILES string of the molecule is COc1cccc(N2CC(C(=O)NCC#CCOc3ccc4cccnc4c3)CC2=O)c1. The van der Waals surface area contributed by atoms with E-state index in [4.69, 9.17) is 9.47 Å². The Kier molecular flexibility index (Phi) is 6.52. The lowest BCUT2D eigenvalue weighted by atomic mass is 10.1. The summed E-state index contributed by atoms with van der Waals surface area (Å²) in [6.07, 6.45) is 1.91. The average molecular weight is 429 g/mol. The van der Waals surface area contributed by atoms with Gasteiger partial charge in [0.1, 0.15) is 18.1 Å². The van der Waals surface area contributed by atoms with Crippen LogP contribution in [0.4, 0.5) is 5.69 Å². The van der Waals surface area contributed by atoms with E-state index in [2.05, 4.69) is 22.1 Å². The Balaban J connectivity index is 1.23. The van der Waals surface area contributed by atoms with Crippen LogP contribution in [0.5, 0.6) is 11.5 Å². The fourth-order valence-electron chi connectivity index (χ4n) is 3.56. The van der Waals surface area contributed by atoms with Gasteiger partial charge in [-0.3, -0.25) is 14.6 Å². The van der Waals surface area contributed by atoms with Crippen LogP contribution >= 0.6 is 0 Å². The first-order valence-electron chi connectivity index (χ1n) is 10.3. The minimum Gasteiger partial charge on any atom is -0.497 e. The van der Waals surface area contributed by atoms with Crippen LogP contribution in [-0.4, -0.2) is 43.6 Å². The molecule has 0 radical (unpaired) electrons. The van der Waals surface area contributed by atoms with E-state index >= 15 is 0 Å². The van der Waals surface area contributed by atoms with Gasteiger partial charge in [-0.2, -0.15) is 0 Å². The highest BCUT2D eigenvalue weighted by atomic mass is 16.5. The summed E-state index contributed by atoms with van der Waals surface area (Å²) in [6.45, 7) is 0.745. The first-order chi connectivity index (χ1) is 15.6. The fraction of sp³-hybridized carbons (Fsp3) is 0.240. The molecule has 0 saturated carbocycles. The Bertz CT molecular complexity index is 1200. The van der Waals surface area contributed by atoms with E-state index in [1.807, 2.05) is 48.5 Å². The lowest BCUT2D eigenvalue weighted by Gasteiger charge is -2.17. The summed E-state index contributed by atoms with van der Waals surface area (Å²) in [4.78, 5) is 30.7. The number of carbonyl (C=O) groups excluding carboxylic acids is 2. The predicted octanol–water partition coefficient (Wildman–Crippen LogP) is 2.79. The van der Waals surface area contributed by atoms with Gasteiger partial charge >= 0.3 is 0 Å². The number of ether oxygens (including phenoxy) is 2. The van der Waals surface area contributed by atoms with Crippen LogP contribution in [0.15, 0.2) is 60.8 Å². The summed E-state index contributed by atoms with van der Waals surface area (Å²) in [5.41, 5.74) is 1.59. The van der Waals surface area contributed by atoms with Crippen LogP contribution in [0.1, 0.15) is 6.42 Å². The highest BCUT2D eigenvalue weighted by Gasteiger charge is 2.35. The highest BCUT2D eigenvalue weighted by molar-refractivity contribution is 6.00. The summed E-state index contributed by atoms with van der Waals surface area (Å²) >= 11 is 0. The highest BCUT2D eigenvalue weighted by Crippen LogP contribution is 2.28. The monoisotopic (exact) mass is 429 g/mol. The number of aromatic nitrogens is 1. The summed E-state index contributed by atoms with van der Waals surface area (Å²) in [5.74, 6) is 6.46. The zero-order chi connectivity index (χ0) is 22.3. The molecule has 1 unspecified atom stereocenters. The van der Waals surface area contributed by atoms with E-state index in [0.29, 0.717) is 18.0 Å². The van der Waals surface area contributed by atoms with Crippen LogP contribution in [0.2, 0.25) is 0 Å². The molecule has 1 atom stereocenters. The molecule has 32 heavy (non-hydrogen) atoms. The van der Waals surface area contributed by atoms with Gasteiger partial charge in [0.15, 0.2) is 0 Å². The van der Waals surface area contributed by atoms with Gasteiger partial charge in [-0.05, 0) is 30.3 Å². The topological polar surface area (TPSA) is 80.8 Å². The van der Waals surface area contributed by atoms with Gasteiger partial charge in [-0.25, -0.2) is 0 Å². The van der Waals surface area contributed by atoms with Crippen molar-refractivity contribution in [3.05, 3.63) is 60.8 Å². The predicted molar refractivity (Wildman–Crippen MR) is 121 cm³/mol. The molecule has 162 valence electrons. The Morgan fingerprint density at radius 2 is 2.06 bits per heavy atom. The van der Waals surface area contributed by atoms with Crippen molar-refractivity contribution in [1.82, 2.24) is 10.3 Å². The number of fused-ring (bicyclic) bond motifs is 1. The third kappa shape index (κ3) is 4.98. The number of pyridine rings is 1. The van der Waals surface area contributed by atoms with Crippen LogP contribution < -0.4 is 19.7 Å². The maximum Gasteiger partial charge on any atom is 0.227 e. The molecule has 1 aromatic heterocycles. The smallest absolute Gasteiger partial charge is 0.227 e. The van der Waals surface area contributed by atoms with Crippen molar-refractivity contribution in [2.75, 3.05) is 31.7 Å². The first-order valence-corrected chi connectivity index (χ1v) is 10.3. The summed E-state index contributed by atoms with van der Waals surface area (Å²) < 4.78 is 10.8. The quantitative estimate of drug-likeness (QED) is 0.610. The number of nitrogens with one attached hydrogen (secondary N) is 1. The standard InChI is InChI=1S/C25H23N3O4/c1-31-21-8-4-7-20(15-21)28-17-19(14-24(28)29)25(30)27-11-2-3-13-32-22-10-9-18-6-5-12-26-23(18)16-22/h4-10,12,15-16,19H,11,13-14,17H2,1H3,(H,27,30). The molecule has 0 aliphatic carbocycles. The van der Waals surface area contributed by atoms with Crippen molar-refractivity contribution in [1.29, 1.82) is 0 Å². The molecule has 2 heterocycles. The number of anilines is 1. The van der Waals surface area contributed by atoms with Gasteiger partial charge in [0.05, 0.1) is 25.1 Å². The molecule has 4 rings (SSSR count). The zero-order valence-corrected chi connectivity index (χ0v) is 17.7. The van der Waals surface area contributed by atoms with Crippen molar-refractivity contribution < 1.29 is 19.1 Å². The minimum atomic E-state index is -0.406. The van der Waals surface area contributed by atoms with Crippen molar-refractivity contribution in [2.45, 2.75) is 6.42 Å². The summed E-state index contributed by atoms with van der Waals surface area (Å²) in [7, 11) is 1.58. The van der Waals surface area contributed by atoms with Crippen LogP contribution in [-0.2, 0) is 9.59 Å².